The number of nitrogens with zero attached hydrogens (tertiary/aromatic N) is 4. The molecule has 0 aliphatic carbocycles. The van der Waals surface area contributed by atoms with Gasteiger partial charge in [-0.2, -0.15) is 0 Å². The normalized spacial score (nSPS) is 15.1. The fourth-order valence-corrected chi connectivity index (χ4v) is 3.57. The highest BCUT2D eigenvalue weighted by Gasteiger charge is 2.35. The summed E-state index contributed by atoms with van der Waals surface area (Å²) in [6.45, 7) is 3.47. The number of hydrogen-bond acceptors (Lipinski definition) is 5. The van der Waals surface area contributed by atoms with E-state index in [0.717, 1.165) is 35.4 Å². The van der Waals surface area contributed by atoms with E-state index in [1.54, 1.807) is 0 Å². The van der Waals surface area contributed by atoms with Gasteiger partial charge in [-0.3, -0.25) is 4.79 Å². The van der Waals surface area contributed by atoms with E-state index < -0.39 is 0 Å². The summed E-state index contributed by atoms with van der Waals surface area (Å²) in [6.07, 6.45) is 1.77. The number of carbonyl (C=O) groups is 1. The molecule has 0 unspecified atom stereocenters. The molecule has 0 radical (unpaired) electrons. The van der Waals surface area contributed by atoms with Crippen molar-refractivity contribution in [2.24, 2.45) is 0 Å². The van der Waals surface area contributed by atoms with Crippen molar-refractivity contribution in [3.63, 3.8) is 0 Å². The molecule has 3 aromatic rings. The highest BCUT2D eigenvalue weighted by Crippen LogP contribution is 2.29. The highest BCUT2D eigenvalue weighted by molar-refractivity contribution is 7.08. The van der Waals surface area contributed by atoms with Gasteiger partial charge in [0.1, 0.15) is 10.7 Å². The maximum Gasteiger partial charge on any atom is 0.267 e. The van der Waals surface area contributed by atoms with Crippen molar-refractivity contribution in [2.45, 2.75) is 25.7 Å². The van der Waals surface area contributed by atoms with Crippen LogP contribution in [-0.2, 0) is 6.42 Å². The number of benzene rings is 1. The molecular formula is C16H17N5OS. The summed E-state index contributed by atoms with van der Waals surface area (Å²) in [5.41, 5.74) is 2.85. The molecule has 1 saturated heterocycles. The van der Waals surface area contributed by atoms with Gasteiger partial charge in [0.05, 0.1) is 22.6 Å². The van der Waals surface area contributed by atoms with Crippen LogP contribution in [0.3, 0.4) is 0 Å². The van der Waals surface area contributed by atoms with Crippen LogP contribution in [0, 0.1) is 0 Å². The number of aromatic amines is 1. The van der Waals surface area contributed by atoms with Gasteiger partial charge in [0.15, 0.2) is 0 Å². The Morgan fingerprint density at radius 1 is 1.39 bits per heavy atom. The lowest BCUT2D eigenvalue weighted by Gasteiger charge is -2.37. The number of carbonyl (C=O) groups excluding carboxylic acids is 1. The molecule has 1 fully saturated rings. The summed E-state index contributed by atoms with van der Waals surface area (Å²) in [5, 5.41) is 4.08. The molecule has 0 atom stereocenters. The molecule has 1 N–H and O–H groups in total. The van der Waals surface area contributed by atoms with Gasteiger partial charge in [-0.25, -0.2) is 4.98 Å². The average Bonchev–Trinajstić information content (AvgIpc) is 3.12. The Kier molecular flexibility index (Phi) is 3.57. The van der Waals surface area contributed by atoms with Crippen LogP contribution in [0.25, 0.3) is 11.0 Å². The zero-order chi connectivity index (χ0) is 15.8. The number of rotatable bonds is 4. The number of aromatic nitrogens is 4. The molecule has 4 rings (SSSR count). The maximum atomic E-state index is 12.6. The average molecular weight is 327 g/mol. The molecule has 1 aromatic carbocycles. The van der Waals surface area contributed by atoms with Crippen LogP contribution >= 0.6 is 11.5 Å². The lowest BCUT2D eigenvalue weighted by Crippen LogP contribution is -2.48. The van der Waals surface area contributed by atoms with Crippen molar-refractivity contribution < 1.29 is 4.79 Å². The van der Waals surface area contributed by atoms with Crippen LogP contribution in [0.5, 0.6) is 0 Å². The first kappa shape index (κ1) is 14.3. The van der Waals surface area contributed by atoms with Gasteiger partial charge >= 0.3 is 0 Å². The van der Waals surface area contributed by atoms with Crippen LogP contribution in [0.4, 0.5) is 0 Å². The van der Waals surface area contributed by atoms with E-state index in [2.05, 4.69) is 26.5 Å². The van der Waals surface area contributed by atoms with Crippen LogP contribution in [0.2, 0.25) is 0 Å². The second-order valence-electron chi connectivity index (χ2n) is 5.85. The van der Waals surface area contributed by atoms with Crippen LogP contribution in [0.15, 0.2) is 24.3 Å². The topological polar surface area (TPSA) is 74.8 Å². The third-order valence-electron chi connectivity index (χ3n) is 4.20. The number of para-hydroxylation sites is 2. The SMILES string of the molecule is CCCc1nnsc1C(=O)N1CC(c2nc3ccccc3[nH]2)C1. The Hall–Kier alpha value is -2.28. The summed E-state index contributed by atoms with van der Waals surface area (Å²) in [6, 6.07) is 7.99. The fraction of sp³-hybridized carbons (Fsp3) is 0.375. The molecule has 0 saturated carbocycles. The summed E-state index contributed by atoms with van der Waals surface area (Å²) in [7, 11) is 0. The largest absolute Gasteiger partial charge is 0.342 e. The second kappa shape index (κ2) is 5.73. The predicted molar refractivity (Wildman–Crippen MR) is 88.6 cm³/mol. The molecule has 2 aromatic heterocycles. The van der Waals surface area contributed by atoms with Crippen LogP contribution in [-0.4, -0.2) is 43.5 Å². The van der Waals surface area contributed by atoms with E-state index >= 15 is 0 Å². The summed E-state index contributed by atoms with van der Waals surface area (Å²) < 4.78 is 3.93. The first-order chi connectivity index (χ1) is 11.3. The van der Waals surface area contributed by atoms with Gasteiger partial charge in [0.2, 0.25) is 0 Å². The number of H-pyrrole nitrogens is 1. The third kappa shape index (κ3) is 2.50. The van der Waals surface area contributed by atoms with Crippen molar-refractivity contribution in [1.82, 2.24) is 24.5 Å². The van der Waals surface area contributed by atoms with Crippen LogP contribution in [0.1, 0.15) is 40.5 Å². The zero-order valence-corrected chi connectivity index (χ0v) is 13.6. The molecule has 1 amide bonds. The van der Waals surface area contributed by atoms with Gasteiger partial charge in [-0.05, 0) is 30.1 Å². The summed E-state index contributed by atoms with van der Waals surface area (Å²) in [5.74, 6) is 1.30. The standard InChI is InChI=1S/C16H17N5OS/c1-2-5-13-14(23-20-19-13)16(22)21-8-10(9-21)15-17-11-6-3-4-7-12(11)18-15/h3-4,6-7,10H,2,5,8-9H2,1H3,(H,17,18). The minimum absolute atomic E-state index is 0.0517. The first-order valence-electron chi connectivity index (χ1n) is 7.81. The van der Waals surface area contributed by atoms with Gasteiger partial charge in [-0.15, -0.1) is 5.10 Å². The number of aryl methyl sites for hydroxylation is 1. The van der Waals surface area contributed by atoms with E-state index in [-0.39, 0.29) is 11.8 Å². The first-order valence-corrected chi connectivity index (χ1v) is 8.58. The lowest BCUT2D eigenvalue weighted by atomic mass is 9.99. The number of amides is 1. The van der Waals surface area contributed by atoms with Gasteiger partial charge in [0, 0.05) is 13.1 Å². The summed E-state index contributed by atoms with van der Waals surface area (Å²) in [4.78, 5) is 23.1. The Morgan fingerprint density at radius 3 is 3.00 bits per heavy atom. The lowest BCUT2D eigenvalue weighted by molar-refractivity contribution is 0.0599. The molecule has 23 heavy (non-hydrogen) atoms. The zero-order valence-electron chi connectivity index (χ0n) is 12.8. The molecule has 0 bridgehead atoms. The number of hydrogen-bond donors (Lipinski definition) is 1. The molecule has 118 valence electrons. The van der Waals surface area contributed by atoms with E-state index in [4.69, 9.17) is 0 Å². The number of imidazole rings is 1. The van der Waals surface area contributed by atoms with E-state index in [1.807, 2.05) is 29.2 Å². The molecule has 6 nitrogen and oxygen atoms in total. The number of fused-ring (bicyclic) bond motifs is 1. The monoisotopic (exact) mass is 327 g/mol. The quantitative estimate of drug-likeness (QED) is 0.799. The Labute approximate surface area is 137 Å². The Bertz CT molecular complexity index is 816. The van der Waals surface area contributed by atoms with Crippen molar-refractivity contribution in [1.29, 1.82) is 0 Å². The van der Waals surface area contributed by atoms with Crippen molar-refractivity contribution in [3.05, 3.63) is 40.7 Å². The van der Waals surface area contributed by atoms with Crippen molar-refractivity contribution >= 4 is 28.5 Å². The van der Waals surface area contributed by atoms with Gasteiger partial charge in [0.25, 0.3) is 5.91 Å². The third-order valence-corrected chi connectivity index (χ3v) is 4.96. The molecule has 1 aliphatic rings. The molecule has 7 heteroatoms. The maximum absolute atomic E-state index is 12.6. The van der Waals surface area contributed by atoms with E-state index in [1.165, 1.54) is 11.5 Å². The van der Waals surface area contributed by atoms with Crippen molar-refractivity contribution in [2.75, 3.05) is 13.1 Å². The summed E-state index contributed by atoms with van der Waals surface area (Å²) >= 11 is 1.20. The molecule has 3 heterocycles. The molecule has 1 aliphatic heterocycles. The van der Waals surface area contributed by atoms with E-state index in [9.17, 15) is 4.79 Å². The Balaban J connectivity index is 1.46. The van der Waals surface area contributed by atoms with Gasteiger partial charge < -0.3 is 9.88 Å². The Morgan fingerprint density at radius 2 is 2.22 bits per heavy atom. The fourth-order valence-electron chi connectivity index (χ4n) is 2.90. The number of likely N-dealkylation sites (tertiary alicyclic amines) is 1. The minimum atomic E-state index is 0.0517. The predicted octanol–water partition coefficient (Wildman–Crippen LogP) is 2.61. The van der Waals surface area contributed by atoms with Crippen LogP contribution < -0.4 is 0 Å². The van der Waals surface area contributed by atoms with E-state index in [0.29, 0.717) is 18.0 Å². The second-order valence-corrected chi connectivity index (χ2v) is 6.60. The van der Waals surface area contributed by atoms with Gasteiger partial charge in [-0.1, -0.05) is 30.0 Å². The van der Waals surface area contributed by atoms with Crippen molar-refractivity contribution in [3.8, 4) is 0 Å². The smallest absolute Gasteiger partial charge is 0.267 e. The number of nitrogens with one attached hydrogen (secondary N) is 1. The minimum Gasteiger partial charge on any atom is -0.342 e. The highest BCUT2D eigenvalue weighted by atomic mass is 32.1. The molecule has 0 spiro atoms. The molecular weight excluding hydrogens is 310 g/mol.